The average Bonchev–Trinajstić information content (AvgIpc) is 3.15. The van der Waals surface area contributed by atoms with E-state index in [9.17, 15) is 9.59 Å². The normalized spacial score (nSPS) is 18.4. The molecule has 1 unspecified atom stereocenters. The van der Waals surface area contributed by atoms with Gasteiger partial charge in [-0.05, 0) is 25.0 Å². The lowest BCUT2D eigenvalue weighted by molar-refractivity contribution is 0.0712. The molecule has 1 atom stereocenters. The molecule has 3 heterocycles. The zero-order valence-corrected chi connectivity index (χ0v) is 16.0. The van der Waals surface area contributed by atoms with E-state index in [0.29, 0.717) is 18.9 Å². The Morgan fingerprint density at radius 3 is 2.93 bits per heavy atom. The highest BCUT2D eigenvalue weighted by atomic mass is 16.7. The first-order chi connectivity index (χ1) is 13.5. The van der Waals surface area contributed by atoms with Gasteiger partial charge >= 0.3 is 0 Å². The summed E-state index contributed by atoms with van der Waals surface area (Å²) in [7, 11) is 0. The standard InChI is InChI=1S/C20H24N4O4/c1-12(2)18-21-9-15(19(25)23-18)20(26)24-7-3-4-14(10-24)22-13-5-6-16-17(8-13)28-11-27-16/h5-6,8-9,12,14,22H,3-4,7,10-11H2,1-2H3,(H,21,23,25). The van der Waals surface area contributed by atoms with Crippen molar-refractivity contribution >= 4 is 11.6 Å². The molecule has 0 aliphatic carbocycles. The molecule has 1 fully saturated rings. The summed E-state index contributed by atoms with van der Waals surface area (Å²) in [5.74, 6) is 1.87. The summed E-state index contributed by atoms with van der Waals surface area (Å²) in [5.41, 5.74) is 0.632. The summed E-state index contributed by atoms with van der Waals surface area (Å²) in [4.78, 5) is 33.8. The van der Waals surface area contributed by atoms with E-state index < -0.39 is 0 Å². The SMILES string of the molecule is CC(C)c1ncc(C(=O)N2CCCC(Nc3ccc4c(c3)OCO4)C2)c(=O)[nH]1. The number of benzene rings is 1. The van der Waals surface area contributed by atoms with Gasteiger partial charge in [0.25, 0.3) is 11.5 Å². The largest absolute Gasteiger partial charge is 0.454 e. The van der Waals surface area contributed by atoms with Gasteiger partial charge in [0.1, 0.15) is 11.4 Å². The van der Waals surface area contributed by atoms with E-state index >= 15 is 0 Å². The molecule has 0 radical (unpaired) electrons. The van der Waals surface area contributed by atoms with Crippen molar-refractivity contribution in [3.63, 3.8) is 0 Å². The van der Waals surface area contributed by atoms with Crippen LogP contribution in [0.15, 0.2) is 29.2 Å². The van der Waals surface area contributed by atoms with Gasteiger partial charge in [0.15, 0.2) is 11.5 Å². The van der Waals surface area contributed by atoms with Gasteiger partial charge in [0.05, 0.1) is 0 Å². The van der Waals surface area contributed by atoms with Crippen LogP contribution >= 0.6 is 0 Å². The highest BCUT2D eigenvalue weighted by molar-refractivity contribution is 5.93. The molecule has 8 nitrogen and oxygen atoms in total. The third-order valence-electron chi connectivity index (χ3n) is 5.05. The molecule has 4 rings (SSSR count). The van der Waals surface area contributed by atoms with Crippen LogP contribution in [0.2, 0.25) is 0 Å². The van der Waals surface area contributed by atoms with Gasteiger partial charge in [0.2, 0.25) is 6.79 Å². The molecule has 2 aliphatic rings. The number of aromatic nitrogens is 2. The second kappa shape index (κ2) is 7.53. The van der Waals surface area contributed by atoms with Gasteiger partial charge < -0.3 is 24.7 Å². The lowest BCUT2D eigenvalue weighted by atomic mass is 10.0. The number of nitrogens with zero attached hydrogens (tertiary/aromatic N) is 2. The molecule has 1 amide bonds. The van der Waals surface area contributed by atoms with Crippen LogP contribution in [0.5, 0.6) is 11.5 Å². The number of carbonyl (C=O) groups is 1. The summed E-state index contributed by atoms with van der Waals surface area (Å²) in [5, 5.41) is 3.45. The van der Waals surface area contributed by atoms with Gasteiger partial charge in [-0.2, -0.15) is 0 Å². The zero-order valence-electron chi connectivity index (χ0n) is 16.0. The number of ether oxygens (including phenoxy) is 2. The van der Waals surface area contributed by atoms with Crippen LogP contribution in [0.1, 0.15) is 48.8 Å². The molecule has 2 aliphatic heterocycles. The number of aromatic amines is 1. The molecule has 1 saturated heterocycles. The Morgan fingerprint density at radius 2 is 2.14 bits per heavy atom. The molecule has 148 valence electrons. The summed E-state index contributed by atoms with van der Waals surface area (Å²) < 4.78 is 10.7. The third-order valence-corrected chi connectivity index (χ3v) is 5.05. The Morgan fingerprint density at radius 1 is 1.32 bits per heavy atom. The molecule has 2 aromatic rings. The minimum atomic E-state index is -0.380. The first-order valence-electron chi connectivity index (χ1n) is 9.56. The Hall–Kier alpha value is -3.03. The number of hydrogen-bond donors (Lipinski definition) is 2. The lowest BCUT2D eigenvalue weighted by Crippen LogP contribution is -2.46. The number of nitrogens with one attached hydrogen (secondary N) is 2. The number of fused-ring (bicyclic) bond motifs is 1. The minimum absolute atomic E-state index is 0.0909. The molecule has 0 saturated carbocycles. The first-order valence-corrected chi connectivity index (χ1v) is 9.56. The van der Waals surface area contributed by atoms with Gasteiger partial charge in [-0.15, -0.1) is 0 Å². The molecule has 0 bridgehead atoms. The maximum absolute atomic E-state index is 12.9. The maximum atomic E-state index is 12.9. The van der Waals surface area contributed by atoms with E-state index in [1.165, 1.54) is 6.20 Å². The van der Waals surface area contributed by atoms with Crippen molar-refractivity contribution in [3.8, 4) is 11.5 Å². The fourth-order valence-electron chi connectivity index (χ4n) is 3.53. The van der Waals surface area contributed by atoms with Crippen molar-refractivity contribution in [1.82, 2.24) is 14.9 Å². The average molecular weight is 384 g/mol. The van der Waals surface area contributed by atoms with E-state index in [1.54, 1.807) is 4.90 Å². The minimum Gasteiger partial charge on any atom is -0.454 e. The number of anilines is 1. The Balaban J connectivity index is 1.45. The van der Waals surface area contributed by atoms with Crippen LogP contribution in [0.4, 0.5) is 5.69 Å². The van der Waals surface area contributed by atoms with Crippen LogP contribution in [-0.2, 0) is 0 Å². The third kappa shape index (κ3) is 3.67. The number of H-pyrrole nitrogens is 1. The maximum Gasteiger partial charge on any atom is 0.263 e. The van der Waals surface area contributed by atoms with Crippen LogP contribution in [0.25, 0.3) is 0 Å². The Labute approximate surface area is 162 Å². The van der Waals surface area contributed by atoms with Gasteiger partial charge in [0, 0.05) is 43.0 Å². The molecule has 2 N–H and O–H groups in total. The number of amides is 1. The smallest absolute Gasteiger partial charge is 0.263 e. The second-order valence-electron chi connectivity index (χ2n) is 7.47. The van der Waals surface area contributed by atoms with Crippen molar-refractivity contribution in [2.45, 2.75) is 38.6 Å². The highest BCUT2D eigenvalue weighted by Gasteiger charge is 2.27. The molecule has 1 aromatic heterocycles. The monoisotopic (exact) mass is 384 g/mol. The predicted molar refractivity (Wildman–Crippen MR) is 104 cm³/mol. The van der Waals surface area contributed by atoms with E-state index in [1.807, 2.05) is 32.0 Å². The van der Waals surface area contributed by atoms with E-state index in [2.05, 4.69) is 15.3 Å². The van der Waals surface area contributed by atoms with Crippen molar-refractivity contribution in [2.24, 2.45) is 0 Å². The highest BCUT2D eigenvalue weighted by Crippen LogP contribution is 2.34. The van der Waals surface area contributed by atoms with Crippen molar-refractivity contribution in [1.29, 1.82) is 0 Å². The molecule has 1 aromatic carbocycles. The van der Waals surface area contributed by atoms with E-state index in [0.717, 1.165) is 30.0 Å². The van der Waals surface area contributed by atoms with Crippen LogP contribution in [0.3, 0.4) is 0 Å². The fraction of sp³-hybridized carbons (Fsp3) is 0.450. The molecule has 0 spiro atoms. The summed E-state index contributed by atoms with van der Waals surface area (Å²) in [6.07, 6.45) is 3.20. The van der Waals surface area contributed by atoms with E-state index in [-0.39, 0.29) is 35.8 Å². The number of hydrogen-bond acceptors (Lipinski definition) is 6. The van der Waals surface area contributed by atoms with Crippen LogP contribution in [0, 0.1) is 0 Å². The molecule has 8 heteroatoms. The second-order valence-corrected chi connectivity index (χ2v) is 7.47. The van der Waals surface area contributed by atoms with Crippen molar-refractivity contribution < 1.29 is 14.3 Å². The summed E-state index contributed by atoms with van der Waals surface area (Å²) in [6, 6.07) is 5.81. The van der Waals surface area contributed by atoms with Crippen molar-refractivity contribution in [3.05, 3.63) is 46.1 Å². The number of likely N-dealkylation sites (tertiary alicyclic amines) is 1. The summed E-state index contributed by atoms with van der Waals surface area (Å²) >= 11 is 0. The first kappa shape index (κ1) is 18.3. The number of rotatable bonds is 4. The Kier molecular flexibility index (Phi) is 4.93. The number of carbonyl (C=O) groups excluding carboxylic acids is 1. The Bertz CT molecular complexity index is 940. The summed E-state index contributed by atoms with van der Waals surface area (Å²) in [6.45, 7) is 5.28. The molecular weight excluding hydrogens is 360 g/mol. The molecule has 28 heavy (non-hydrogen) atoms. The van der Waals surface area contributed by atoms with Gasteiger partial charge in [-0.3, -0.25) is 9.59 Å². The quantitative estimate of drug-likeness (QED) is 0.840. The fourth-order valence-corrected chi connectivity index (χ4v) is 3.53. The molecular formula is C20H24N4O4. The van der Waals surface area contributed by atoms with Crippen molar-refractivity contribution in [2.75, 3.05) is 25.2 Å². The van der Waals surface area contributed by atoms with Crippen LogP contribution in [-0.4, -0.2) is 46.7 Å². The van der Waals surface area contributed by atoms with Crippen LogP contribution < -0.4 is 20.3 Å². The lowest BCUT2D eigenvalue weighted by Gasteiger charge is -2.33. The predicted octanol–water partition coefficient (Wildman–Crippen LogP) is 2.34. The topological polar surface area (TPSA) is 96.6 Å². The zero-order chi connectivity index (χ0) is 19.7. The van der Waals surface area contributed by atoms with Gasteiger partial charge in [-0.25, -0.2) is 4.98 Å². The van der Waals surface area contributed by atoms with Gasteiger partial charge in [-0.1, -0.05) is 13.8 Å². The number of piperidine rings is 1. The van der Waals surface area contributed by atoms with E-state index in [4.69, 9.17) is 9.47 Å².